The molecule has 0 aliphatic carbocycles. The Morgan fingerprint density at radius 2 is 1.65 bits per heavy atom. The zero-order chi connectivity index (χ0) is 13.3. The SMILES string of the molecule is CCCC(NC(=O)N(CCC)CCC)C(=O)O. The molecule has 0 radical (unpaired) electrons. The number of nitrogens with zero attached hydrogens (tertiary/aromatic N) is 1. The van der Waals surface area contributed by atoms with Gasteiger partial charge in [0.1, 0.15) is 6.04 Å². The van der Waals surface area contributed by atoms with Crippen LogP contribution in [0, 0.1) is 0 Å². The van der Waals surface area contributed by atoms with Crippen molar-refractivity contribution < 1.29 is 14.7 Å². The Balaban J connectivity index is 4.38. The number of carbonyl (C=O) groups excluding carboxylic acids is 1. The van der Waals surface area contributed by atoms with Gasteiger partial charge in [0, 0.05) is 13.1 Å². The summed E-state index contributed by atoms with van der Waals surface area (Å²) in [7, 11) is 0. The predicted octanol–water partition coefficient (Wildman–Crippen LogP) is 2.07. The highest BCUT2D eigenvalue weighted by molar-refractivity contribution is 5.82. The molecule has 0 aliphatic heterocycles. The minimum Gasteiger partial charge on any atom is -0.480 e. The van der Waals surface area contributed by atoms with Gasteiger partial charge in [0.2, 0.25) is 0 Å². The van der Waals surface area contributed by atoms with E-state index in [1.54, 1.807) is 4.90 Å². The molecule has 0 rings (SSSR count). The minimum absolute atomic E-state index is 0.269. The molecule has 5 heteroatoms. The average molecular weight is 244 g/mol. The van der Waals surface area contributed by atoms with E-state index in [9.17, 15) is 9.59 Å². The molecule has 0 saturated carbocycles. The molecule has 100 valence electrons. The largest absolute Gasteiger partial charge is 0.480 e. The summed E-state index contributed by atoms with van der Waals surface area (Å²) >= 11 is 0. The minimum atomic E-state index is -0.965. The van der Waals surface area contributed by atoms with Crippen molar-refractivity contribution in [1.82, 2.24) is 10.2 Å². The first-order valence-corrected chi connectivity index (χ1v) is 6.34. The van der Waals surface area contributed by atoms with Gasteiger partial charge in [-0.3, -0.25) is 0 Å². The number of rotatable bonds is 8. The molecule has 2 amide bonds. The zero-order valence-corrected chi connectivity index (χ0v) is 11.0. The predicted molar refractivity (Wildman–Crippen MR) is 67.0 cm³/mol. The summed E-state index contributed by atoms with van der Waals surface area (Å²) in [6.07, 6.45) is 2.95. The molecule has 1 unspecified atom stereocenters. The smallest absolute Gasteiger partial charge is 0.326 e. The second-order valence-electron chi connectivity index (χ2n) is 4.12. The molecule has 0 fully saturated rings. The van der Waals surface area contributed by atoms with Gasteiger partial charge in [0.05, 0.1) is 0 Å². The molecular weight excluding hydrogens is 220 g/mol. The zero-order valence-electron chi connectivity index (χ0n) is 11.0. The van der Waals surface area contributed by atoms with E-state index in [1.807, 2.05) is 20.8 Å². The van der Waals surface area contributed by atoms with E-state index in [0.717, 1.165) is 19.3 Å². The molecule has 0 bridgehead atoms. The molecule has 0 aliphatic rings. The lowest BCUT2D eigenvalue weighted by Gasteiger charge is -2.24. The average Bonchev–Trinajstić information content (AvgIpc) is 2.28. The monoisotopic (exact) mass is 244 g/mol. The molecule has 17 heavy (non-hydrogen) atoms. The molecule has 0 spiro atoms. The van der Waals surface area contributed by atoms with E-state index in [-0.39, 0.29) is 6.03 Å². The van der Waals surface area contributed by atoms with E-state index in [4.69, 9.17) is 5.11 Å². The summed E-state index contributed by atoms with van der Waals surface area (Å²) in [6, 6.07) is -1.04. The molecule has 0 heterocycles. The van der Waals surface area contributed by atoms with Gasteiger partial charge in [-0.05, 0) is 19.3 Å². The van der Waals surface area contributed by atoms with Crippen molar-refractivity contribution in [2.75, 3.05) is 13.1 Å². The van der Waals surface area contributed by atoms with Crippen molar-refractivity contribution in [2.24, 2.45) is 0 Å². The van der Waals surface area contributed by atoms with Gasteiger partial charge in [0.15, 0.2) is 0 Å². The van der Waals surface area contributed by atoms with Crippen LogP contribution in [0.2, 0.25) is 0 Å². The number of carboxylic acids is 1. The number of aliphatic carboxylic acids is 1. The lowest BCUT2D eigenvalue weighted by Crippen LogP contribution is -2.48. The first-order valence-electron chi connectivity index (χ1n) is 6.34. The van der Waals surface area contributed by atoms with Gasteiger partial charge < -0.3 is 15.3 Å². The maximum atomic E-state index is 11.9. The fraction of sp³-hybridized carbons (Fsp3) is 0.833. The van der Waals surface area contributed by atoms with Crippen molar-refractivity contribution in [3.05, 3.63) is 0 Å². The summed E-state index contributed by atoms with van der Waals surface area (Å²) in [4.78, 5) is 24.5. The third-order valence-electron chi connectivity index (χ3n) is 2.45. The number of hydrogen-bond acceptors (Lipinski definition) is 2. The van der Waals surface area contributed by atoms with Crippen molar-refractivity contribution in [2.45, 2.75) is 52.5 Å². The van der Waals surface area contributed by atoms with Crippen molar-refractivity contribution in [1.29, 1.82) is 0 Å². The Hall–Kier alpha value is -1.26. The summed E-state index contributed by atoms with van der Waals surface area (Å²) in [5.41, 5.74) is 0. The van der Waals surface area contributed by atoms with Gasteiger partial charge in [-0.1, -0.05) is 27.2 Å². The van der Waals surface area contributed by atoms with Crippen LogP contribution in [0.4, 0.5) is 4.79 Å². The summed E-state index contributed by atoms with van der Waals surface area (Å²) in [5.74, 6) is -0.965. The first kappa shape index (κ1) is 15.7. The molecule has 0 saturated heterocycles. The van der Waals surface area contributed by atoms with Crippen molar-refractivity contribution >= 4 is 12.0 Å². The standard InChI is InChI=1S/C12H24N2O3/c1-4-7-10(11(15)16)13-12(17)14(8-5-2)9-6-3/h10H,4-9H2,1-3H3,(H,13,17)(H,15,16). The summed E-state index contributed by atoms with van der Waals surface area (Å²) in [6.45, 7) is 7.22. The third kappa shape index (κ3) is 6.14. The van der Waals surface area contributed by atoms with Crippen LogP contribution >= 0.6 is 0 Å². The highest BCUT2D eigenvalue weighted by Crippen LogP contribution is 2.01. The Kier molecular flexibility index (Phi) is 8.19. The quantitative estimate of drug-likeness (QED) is 0.686. The lowest BCUT2D eigenvalue weighted by atomic mass is 10.2. The van der Waals surface area contributed by atoms with Crippen LogP contribution in [0.25, 0.3) is 0 Å². The fourth-order valence-electron chi connectivity index (χ4n) is 1.64. The van der Waals surface area contributed by atoms with Crippen molar-refractivity contribution in [3.63, 3.8) is 0 Å². The van der Waals surface area contributed by atoms with E-state index < -0.39 is 12.0 Å². The second kappa shape index (κ2) is 8.84. The molecule has 2 N–H and O–H groups in total. The fourth-order valence-corrected chi connectivity index (χ4v) is 1.64. The number of hydrogen-bond donors (Lipinski definition) is 2. The van der Waals surface area contributed by atoms with Gasteiger partial charge in [-0.15, -0.1) is 0 Å². The molecular formula is C12H24N2O3. The molecule has 0 aromatic rings. The normalized spacial score (nSPS) is 11.9. The van der Waals surface area contributed by atoms with Crippen LogP contribution in [0.15, 0.2) is 0 Å². The lowest BCUT2D eigenvalue weighted by molar-refractivity contribution is -0.139. The van der Waals surface area contributed by atoms with Gasteiger partial charge in [-0.2, -0.15) is 0 Å². The number of carbonyl (C=O) groups is 2. The van der Waals surface area contributed by atoms with E-state index in [0.29, 0.717) is 19.5 Å². The van der Waals surface area contributed by atoms with E-state index in [1.165, 1.54) is 0 Å². The van der Waals surface area contributed by atoms with Crippen LogP contribution in [-0.2, 0) is 4.79 Å². The van der Waals surface area contributed by atoms with Crippen LogP contribution in [-0.4, -0.2) is 41.1 Å². The summed E-state index contributed by atoms with van der Waals surface area (Å²) in [5, 5.41) is 11.5. The Labute approximate surface area is 103 Å². The van der Waals surface area contributed by atoms with Gasteiger partial charge >= 0.3 is 12.0 Å². The topological polar surface area (TPSA) is 69.6 Å². The molecule has 0 aromatic carbocycles. The highest BCUT2D eigenvalue weighted by Gasteiger charge is 2.21. The summed E-state index contributed by atoms with van der Waals surface area (Å²) < 4.78 is 0. The van der Waals surface area contributed by atoms with Crippen LogP contribution in [0.3, 0.4) is 0 Å². The number of nitrogens with one attached hydrogen (secondary N) is 1. The number of carboxylic acid groups (broad SMARTS) is 1. The maximum Gasteiger partial charge on any atom is 0.326 e. The van der Waals surface area contributed by atoms with Crippen LogP contribution in [0.1, 0.15) is 46.5 Å². The molecule has 1 atom stereocenters. The number of amides is 2. The number of urea groups is 1. The second-order valence-corrected chi connectivity index (χ2v) is 4.12. The molecule has 5 nitrogen and oxygen atoms in total. The Morgan fingerprint density at radius 3 is 2.00 bits per heavy atom. The van der Waals surface area contributed by atoms with Crippen molar-refractivity contribution in [3.8, 4) is 0 Å². The van der Waals surface area contributed by atoms with Gasteiger partial charge in [0.25, 0.3) is 0 Å². The third-order valence-corrected chi connectivity index (χ3v) is 2.45. The Morgan fingerprint density at radius 1 is 1.12 bits per heavy atom. The first-order chi connectivity index (χ1) is 8.06. The van der Waals surface area contributed by atoms with Crippen LogP contribution < -0.4 is 5.32 Å². The van der Waals surface area contributed by atoms with E-state index in [2.05, 4.69) is 5.32 Å². The molecule has 0 aromatic heterocycles. The van der Waals surface area contributed by atoms with Gasteiger partial charge in [-0.25, -0.2) is 9.59 Å². The highest BCUT2D eigenvalue weighted by atomic mass is 16.4. The van der Waals surface area contributed by atoms with Crippen LogP contribution in [0.5, 0.6) is 0 Å². The maximum absolute atomic E-state index is 11.9. The Bertz CT molecular complexity index is 238. The van der Waals surface area contributed by atoms with E-state index >= 15 is 0 Å².